The number of aliphatic hydroxyl groups excluding tert-OH is 1. The summed E-state index contributed by atoms with van der Waals surface area (Å²) in [5.74, 6) is 3.88. The molecule has 0 aromatic rings. The van der Waals surface area contributed by atoms with Crippen LogP contribution in [0, 0.1) is 46.3 Å². The van der Waals surface area contributed by atoms with Gasteiger partial charge in [0.05, 0.1) is 12.0 Å². The molecule has 4 aliphatic carbocycles. The van der Waals surface area contributed by atoms with Crippen molar-refractivity contribution in [1.29, 1.82) is 0 Å². The van der Waals surface area contributed by atoms with Crippen molar-refractivity contribution in [2.45, 2.75) is 105 Å². The van der Waals surface area contributed by atoms with Crippen LogP contribution in [0.1, 0.15) is 98.8 Å². The minimum Gasteiger partial charge on any atom is -0.393 e. The number of allylic oxidation sites excluding steroid dienone is 1. The molecule has 0 radical (unpaired) electrons. The van der Waals surface area contributed by atoms with Crippen molar-refractivity contribution in [3.8, 4) is 0 Å². The lowest BCUT2D eigenvalue weighted by molar-refractivity contribution is -0.0583. The van der Waals surface area contributed by atoms with E-state index >= 15 is 0 Å². The van der Waals surface area contributed by atoms with E-state index < -0.39 is 0 Å². The van der Waals surface area contributed by atoms with Crippen LogP contribution in [0.3, 0.4) is 0 Å². The van der Waals surface area contributed by atoms with Crippen LogP contribution in [-0.2, 0) is 0 Å². The number of hydrogen-bond acceptors (Lipinski definition) is 1. The summed E-state index contributed by atoms with van der Waals surface area (Å²) in [6.45, 7) is 12.1. The fourth-order valence-electron chi connectivity index (χ4n) is 8.59. The van der Waals surface area contributed by atoms with Crippen molar-refractivity contribution in [3.63, 3.8) is 0 Å². The van der Waals surface area contributed by atoms with E-state index in [4.69, 9.17) is 0 Å². The van der Waals surface area contributed by atoms with E-state index in [2.05, 4.69) is 45.5 Å². The van der Waals surface area contributed by atoms with Crippen LogP contribution in [0.15, 0.2) is 11.6 Å². The molecule has 3 fully saturated rings. The molecule has 4 aliphatic rings. The summed E-state index contributed by atoms with van der Waals surface area (Å²) in [7, 11) is 0. The Bertz CT molecular complexity index is 735. The third-order valence-electron chi connectivity index (χ3n) is 10.2. The summed E-state index contributed by atoms with van der Waals surface area (Å²) >= 11 is 0. The highest BCUT2D eigenvalue weighted by molar-refractivity contribution is 5.85. The molecular formula is C27H44N2O. The lowest BCUT2D eigenvalue weighted by atomic mass is 9.47. The molecule has 3 saturated carbocycles. The third-order valence-corrected chi connectivity index (χ3v) is 10.2. The van der Waals surface area contributed by atoms with Gasteiger partial charge in [0.15, 0.2) is 0 Å². The number of aliphatic hydroxyl groups is 1. The lowest BCUT2D eigenvalue weighted by Crippen LogP contribution is -2.51. The fraction of sp³-hybridized carbons (Fsp3) is 0.889. The van der Waals surface area contributed by atoms with Crippen molar-refractivity contribution in [1.82, 2.24) is 0 Å². The van der Waals surface area contributed by atoms with Gasteiger partial charge in [0.25, 0.3) is 5.71 Å². The Morgan fingerprint density at radius 3 is 2.57 bits per heavy atom. The van der Waals surface area contributed by atoms with Crippen molar-refractivity contribution < 1.29 is 9.90 Å². The van der Waals surface area contributed by atoms with Gasteiger partial charge in [-0.15, -0.1) is 0 Å². The molecule has 168 valence electrons. The Morgan fingerprint density at radius 2 is 1.87 bits per heavy atom. The maximum atomic E-state index is 10.2. The van der Waals surface area contributed by atoms with Crippen molar-refractivity contribution in [3.05, 3.63) is 17.2 Å². The predicted octanol–water partition coefficient (Wildman–Crippen LogP) is 6.67. The normalized spacial score (nSPS) is 44.0. The molecule has 8 atom stereocenters. The van der Waals surface area contributed by atoms with Crippen LogP contribution in [0.4, 0.5) is 0 Å². The minimum absolute atomic E-state index is 0.134. The molecule has 0 spiro atoms. The molecule has 3 heteroatoms. The van der Waals surface area contributed by atoms with Crippen LogP contribution >= 0.6 is 0 Å². The second kappa shape index (κ2) is 8.21. The number of hydrogen-bond donors (Lipinski definition) is 1. The third kappa shape index (κ3) is 3.55. The lowest BCUT2D eigenvalue weighted by Gasteiger charge is -2.57. The van der Waals surface area contributed by atoms with E-state index in [9.17, 15) is 10.6 Å². The molecule has 0 aliphatic heterocycles. The topological polar surface area (TPSA) is 56.6 Å². The van der Waals surface area contributed by atoms with Crippen molar-refractivity contribution >= 4 is 5.71 Å². The van der Waals surface area contributed by atoms with Crippen LogP contribution < -0.4 is 0 Å². The van der Waals surface area contributed by atoms with Crippen LogP contribution in [-0.4, -0.2) is 21.7 Å². The van der Waals surface area contributed by atoms with Gasteiger partial charge in [-0.2, -0.15) is 4.79 Å². The summed E-state index contributed by atoms with van der Waals surface area (Å²) in [4.78, 5) is 3.92. The molecule has 0 aromatic carbocycles. The van der Waals surface area contributed by atoms with Crippen LogP contribution in [0.5, 0.6) is 0 Å². The monoisotopic (exact) mass is 412 g/mol. The van der Waals surface area contributed by atoms with Crippen LogP contribution in [0.25, 0.3) is 5.53 Å². The molecule has 0 heterocycles. The smallest absolute Gasteiger partial charge is 0.273 e. The van der Waals surface area contributed by atoms with Gasteiger partial charge in [0.1, 0.15) is 0 Å². The Balaban J connectivity index is 1.58. The quantitative estimate of drug-likeness (QED) is 0.306. The van der Waals surface area contributed by atoms with Gasteiger partial charge >= 0.3 is 0 Å². The number of fused-ring (bicyclic) bond motifs is 5. The maximum Gasteiger partial charge on any atom is 0.273 e. The summed E-state index contributed by atoms with van der Waals surface area (Å²) < 4.78 is 0. The molecule has 1 N–H and O–H groups in total. The molecule has 30 heavy (non-hydrogen) atoms. The highest BCUT2D eigenvalue weighted by atomic mass is 16.3. The van der Waals surface area contributed by atoms with E-state index in [-0.39, 0.29) is 16.9 Å². The summed E-state index contributed by atoms with van der Waals surface area (Å²) in [5.41, 5.74) is 13.2. The fourth-order valence-corrected chi connectivity index (χ4v) is 8.59. The Hall–Kier alpha value is -0.920. The molecule has 0 saturated heterocycles. The zero-order valence-electron chi connectivity index (χ0n) is 20.0. The average molecular weight is 413 g/mol. The van der Waals surface area contributed by atoms with Gasteiger partial charge in [0.2, 0.25) is 0 Å². The molecule has 0 unspecified atom stereocenters. The van der Waals surface area contributed by atoms with Gasteiger partial charge in [-0.1, -0.05) is 59.1 Å². The number of rotatable bonds is 5. The average Bonchev–Trinajstić information content (AvgIpc) is 3.00. The first-order valence-corrected chi connectivity index (χ1v) is 12.8. The largest absolute Gasteiger partial charge is 0.393 e. The molecule has 3 nitrogen and oxygen atoms in total. The second-order valence-electron chi connectivity index (χ2n) is 12.3. The highest BCUT2D eigenvalue weighted by Gasteiger charge is 2.63. The van der Waals surface area contributed by atoms with E-state index in [1.165, 1.54) is 32.1 Å². The summed E-state index contributed by atoms with van der Waals surface area (Å²) in [5, 5.41) is 10.2. The van der Waals surface area contributed by atoms with Gasteiger partial charge in [0, 0.05) is 6.42 Å². The minimum atomic E-state index is -0.134. The molecular weight excluding hydrogens is 368 g/mol. The van der Waals surface area contributed by atoms with Gasteiger partial charge in [-0.3, -0.25) is 0 Å². The zero-order valence-corrected chi connectivity index (χ0v) is 20.0. The van der Waals surface area contributed by atoms with Gasteiger partial charge in [-0.25, -0.2) is 0 Å². The first kappa shape index (κ1) is 22.3. The van der Waals surface area contributed by atoms with E-state index in [0.29, 0.717) is 23.7 Å². The summed E-state index contributed by atoms with van der Waals surface area (Å²) in [6.07, 6.45) is 13.9. The first-order chi connectivity index (χ1) is 14.2. The molecule has 0 amide bonds. The summed E-state index contributed by atoms with van der Waals surface area (Å²) in [6, 6.07) is 0. The highest BCUT2D eigenvalue weighted by Crippen LogP contribution is 2.66. The Morgan fingerprint density at radius 1 is 1.10 bits per heavy atom. The first-order valence-electron chi connectivity index (χ1n) is 12.8. The van der Waals surface area contributed by atoms with E-state index in [1.807, 2.05) is 0 Å². The van der Waals surface area contributed by atoms with Crippen molar-refractivity contribution in [2.75, 3.05) is 0 Å². The molecule has 0 bridgehead atoms. The molecule has 0 aromatic heterocycles. The zero-order chi connectivity index (χ0) is 21.7. The predicted molar refractivity (Wildman–Crippen MR) is 123 cm³/mol. The van der Waals surface area contributed by atoms with Gasteiger partial charge in [-0.05, 0) is 85.4 Å². The maximum absolute atomic E-state index is 10.2. The Labute approximate surface area is 184 Å². The van der Waals surface area contributed by atoms with E-state index in [1.54, 1.807) is 5.57 Å². The van der Waals surface area contributed by atoms with Crippen molar-refractivity contribution in [2.24, 2.45) is 46.3 Å². The second-order valence-corrected chi connectivity index (χ2v) is 12.3. The standard InChI is InChI=1S/C27H44N2O/c1-17(2)7-6-8-18(3)25-24(29-28)16-23-21-10-9-19-15-20(30)11-13-26(19,4)22(21)12-14-27(23,25)5/h9,17-18,20-23,25,30H,6-8,10-16H2,1-5H3/t18-,20+,21-,22+,23+,25+,26+,27+/m1/s1. The number of nitrogens with zero attached hydrogens (tertiary/aromatic N) is 2. The Kier molecular flexibility index (Phi) is 6.10. The van der Waals surface area contributed by atoms with Crippen LogP contribution in [0.2, 0.25) is 0 Å². The van der Waals surface area contributed by atoms with Gasteiger partial charge < -0.3 is 10.6 Å². The SMILES string of the molecule is CC(C)CCC[C@@H](C)[C@H]1C(=[N+]=[N-])C[C@H]2[C@@H]3CC=C4C[C@@H](O)CC[C@]4(C)[C@H]3CC[C@]12C. The van der Waals surface area contributed by atoms with E-state index in [0.717, 1.165) is 49.7 Å². The molecule has 4 rings (SSSR count).